The van der Waals surface area contributed by atoms with Crippen LogP contribution in [-0.2, 0) is 13.0 Å². The molecule has 0 radical (unpaired) electrons. The SMILES string of the molecule is Cc1c(C(=O)N[C@H](C)Cc2ccsc2)sc2ncnc(NCc3ccccn3)c12. The van der Waals surface area contributed by atoms with Crippen LogP contribution >= 0.6 is 22.7 Å². The lowest BCUT2D eigenvalue weighted by Gasteiger charge is -2.12. The number of thiophene rings is 2. The van der Waals surface area contributed by atoms with Crippen LogP contribution in [0.4, 0.5) is 5.82 Å². The Morgan fingerprint density at radius 1 is 1.21 bits per heavy atom. The summed E-state index contributed by atoms with van der Waals surface area (Å²) < 4.78 is 0. The zero-order valence-electron chi connectivity index (χ0n) is 16.2. The Morgan fingerprint density at radius 2 is 2.10 bits per heavy atom. The lowest BCUT2D eigenvalue weighted by Crippen LogP contribution is -2.33. The number of carbonyl (C=O) groups is 1. The number of carbonyl (C=O) groups excluding carboxylic acids is 1. The molecule has 6 nitrogen and oxygen atoms in total. The predicted molar refractivity (Wildman–Crippen MR) is 119 cm³/mol. The Labute approximate surface area is 177 Å². The number of hydrogen-bond donors (Lipinski definition) is 2. The van der Waals surface area contributed by atoms with E-state index in [4.69, 9.17) is 0 Å². The Balaban J connectivity index is 1.53. The Bertz CT molecular complexity index is 1110. The van der Waals surface area contributed by atoms with E-state index in [1.807, 2.05) is 32.0 Å². The van der Waals surface area contributed by atoms with E-state index in [0.29, 0.717) is 11.4 Å². The molecule has 0 saturated heterocycles. The predicted octanol–water partition coefficient (Wildman–Crippen LogP) is 4.43. The molecule has 0 unspecified atom stereocenters. The summed E-state index contributed by atoms with van der Waals surface area (Å²) >= 11 is 3.07. The molecule has 8 heteroatoms. The van der Waals surface area contributed by atoms with Crippen LogP contribution in [0.25, 0.3) is 10.2 Å². The summed E-state index contributed by atoms with van der Waals surface area (Å²) in [5, 5.41) is 11.5. The van der Waals surface area contributed by atoms with Gasteiger partial charge in [-0.25, -0.2) is 9.97 Å². The van der Waals surface area contributed by atoms with E-state index in [2.05, 4.69) is 42.4 Å². The molecule has 29 heavy (non-hydrogen) atoms. The lowest BCUT2D eigenvalue weighted by atomic mass is 10.1. The summed E-state index contributed by atoms with van der Waals surface area (Å²) in [5.74, 6) is 0.656. The summed E-state index contributed by atoms with van der Waals surface area (Å²) in [6.07, 6.45) is 4.11. The van der Waals surface area contributed by atoms with Gasteiger partial charge in [0.05, 0.1) is 22.5 Å². The fourth-order valence-electron chi connectivity index (χ4n) is 3.20. The minimum Gasteiger partial charge on any atom is -0.364 e. The van der Waals surface area contributed by atoms with Crippen molar-refractivity contribution >= 4 is 44.6 Å². The largest absolute Gasteiger partial charge is 0.364 e. The van der Waals surface area contributed by atoms with Crippen molar-refractivity contribution in [3.05, 3.63) is 69.2 Å². The van der Waals surface area contributed by atoms with Gasteiger partial charge in [-0.15, -0.1) is 11.3 Å². The number of rotatable bonds is 7. The van der Waals surface area contributed by atoms with Crippen molar-refractivity contribution in [2.75, 3.05) is 5.32 Å². The van der Waals surface area contributed by atoms with Crippen molar-refractivity contribution in [1.29, 1.82) is 0 Å². The smallest absolute Gasteiger partial charge is 0.261 e. The molecule has 0 aliphatic carbocycles. The number of hydrogen-bond acceptors (Lipinski definition) is 7. The van der Waals surface area contributed by atoms with Gasteiger partial charge in [0.1, 0.15) is 17.0 Å². The summed E-state index contributed by atoms with van der Waals surface area (Å²) in [7, 11) is 0. The Hall–Kier alpha value is -2.84. The molecule has 0 bridgehead atoms. The second-order valence-corrected chi connectivity index (χ2v) is 8.62. The number of fused-ring (bicyclic) bond motifs is 1. The Morgan fingerprint density at radius 3 is 2.86 bits per heavy atom. The molecule has 4 aromatic rings. The summed E-state index contributed by atoms with van der Waals surface area (Å²) in [6.45, 7) is 4.53. The van der Waals surface area contributed by atoms with Crippen LogP contribution in [0.2, 0.25) is 0 Å². The molecule has 1 atom stereocenters. The van der Waals surface area contributed by atoms with Crippen molar-refractivity contribution in [2.45, 2.75) is 32.9 Å². The molecule has 4 rings (SSSR count). The fraction of sp³-hybridized carbons (Fsp3) is 0.238. The summed E-state index contributed by atoms with van der Waals surface area (Å²) in [6, 6.07) is 7.94. The van der Waals surface area contributed by atoms with Crippen LogP contribution in [0.1, 0.15) is 33.4 Å². The molecule has 0 aliphatic rings. The molecule has 0 saturated carbocycles. The van der Waals surface area contributed by atoms with Crippen LogP contribution in [0.5, 0.6) is 0 Å². The first kappa shape index (κ1) is 19.5. The maximum atomic E-state index is 12.9. The average molecular weight is 424 g/mol. The number of pyridine rings is 1. The quantitative estimate of drug-likeness (QED) is 0.460. The van der Waals surface area contributed by atoms with Crippen molar-refractivity contribution < 1.29 is 4.79 Å². The van der Waals surface area contributed by atoms with Gasteiger partial charge < -0.3 is 10.6 Å². The van der Waals surface area contributed by atoms with Crippen LogP contribution in [0.15, 0.2) is 47.5 Å². The van der Waals surface area contributed by atoms with Gasteiger partial charge in [-0.2, -0.15) is 11.3 Å². The van der Waals surface area contributed by atoms with E-state index in [9.17, 15) is 4.79 Å². The number of anilines is 1. The van der Waals surface area contributed by atoms with Gasteiger partial charge in [-0.05, 0) is 60.4 Å². The summed E-state index contributed by atoms with van der Waals surface area (Å²) in [4.78, 5) is 27.5. The zero-order chi connectivity index (χ0) is 20.2. The molecular weight excluding hydrogens is 402 g/mol. The molecule has 1 amide bonds. The van der Waals surface area contributed by atoms with E-state index in [1.54, 1.807) is 17.5 Å². The first-order chi connectivity index (χ1) is 14.1. The minimum atomic E-state index is -0.0658. The zero-order valence-corrected chi connectivity index (χ0v) is 17.8. The monoisotopic (exact) mass is 423 g/mol. The van der Waals surface area contributed by atoms with Gasteiger partial charge in [0, 0.05) is 12.2 Å². The first-order valence-electron chi connectivity index (χ1n) is 9.31. The molecule has 0 aliphatic heterocycles. The van der Waals surface area contributed by atoms with E-state index in [1.165, 1.54) is 23.2 Å². The Kier molecular flexibility index (Phi) is 5.82. The van der Waals surface area contributed by atoms with Crippen molar-refractivity contribution in [3.8, 4) is 0 Å². The second-order valence-electron chi connectivity index (χ2n) is 6.84. The number of amides is 1. The molecule has 0 aromatic carbocycles. The van der Waals surface area contributed by atoms with E-state index in [0.717, 1.165) is 33.7 Å². The highest BCUT2D eigenvalue weighted by Crippen LogP contribution is 2.33. The standard InChI is InChI=1S/C21H21N5OS2/c1-13(9-15-6-8-28-11-15)26-20(27)18-14(2)17-19(24-12-25-21(17)29-18)23-10-16-5-3-4-7-22-16/h3-8,11-13H,9-10H2,1-2H3,(H,26,27)(H,23,24,25)/t13-/m1/s1. The molecular formula is C21H21N5OS2. The third-order valence-electron chi connectivity index (χ3n) is 4.60. The summed E-state index contributed by atoms with van der Waals surface area (Å²) in [5.41, 5.74) is 3.06. The highest BCUT2D eigenvalue weighted by molar-refractivity contribution is 7.20. The topological polar surface area (TPSA) is 79.8 Å². The van der Waals surface area contributed by atoms with Crippen molar-refractivity contribution in [3.63, 3.8) is 0 Å². The molecule has 2 N–H and O–H groups in total. The molecule has 148 valence electrons. The van der Waals surface area contributed by atoms with Gasteiger partial charge in [0.2, 0.25) is 0 Å². The van der Waals surface area contributed by atoms with Crippen LogP contribution < -0.4 is 10.6 Å². The number of aromatic nitrogens is 3. The van der Waals surface area contributed by atoms with E-state index < -0.39 is 0 Å². The van der Waals surface area contributed by atoms with Gasteiger partial charge in [-0.3, -0.25) is 9.78 Å². The van der Waals surface area contributed by atoms with E-state index >= 15 is 0 Å². The van der Waals surface area contributed by atoms with E-state index in [-0.39, 0.29) is 11.9 Å². The second kappa shape index (κ2) is 8.67. The maximum Gasteiger partial charge on any atom is 0.261 e. The number of aryl methyl sites for hydroxylation is 1. The van der Waals surface area contributed by atoms with Gasteiger partial charge in [0.15, 0.2) is 0 Å². The highest BCUT2D eigenvalue weighted by Gasteiger charge is 2.20. The third kappa shape index (κ3) is 4.44. The van der Waals surface area contributed by atoms with Gasteiger partial charge in [-0.1, -0.05) is 6.07 Å². The normalized spacial score (nSPS) is 12.1. The molecule has 4 aromatic heterocycles. The van der Waals surface area contributed by atoms with Crippen LogP contribution in [0.3, 0.4) is 0 Å². The van der Waals surface area contributed by atoms with Gasteiger partial charge in [0.25, 0.3) is 5.91 Å². The molecule has 4 heterocycles. The first-order valence-corrected chi connectivity index (χ1v) is 11.1. The average Bonchev–Trinajstić information content (AvgIpc) is 3.35. The number of nitrogens with zero attached hydrogens (tertiary/aromatic N) is 3. The highest BCUT2D eigenvalue weighted by atomic mass is 32.1. The fourth-order valence-corrected chi connectivity index (χ4v) is 4.94. The van der Waals surface area contributed by atoms with Crippen LogP contribution in [-0.4, -0.2) is 26.9 Å². The van der Waals surface area contributed by atoms with Crippen molar-refractivity contribution in [1.82, 2.24) is 20.3 Å². The minimum absolute atomic E-state index is 0.0505. The maximum absolute atomic E-state index is 12.9. The molecule has 0 fully saturated rings. The lowest BCUT2D eigenvalue weighted by molar-refractivity contribution is 0.0944. The molecule has 0 spiro atoms. The van der Waals surface area contributed by atoms with Gasteiger partial charge >= 0.3 is 0 Å². The third-order valence-corrected chi connectivity index (χ3v) is 6.53. The van der Waals surface area contributed by atoms with Crippen LogP contribution in [0, 0.1) is 6.92 Å². The van der Waals surface area contributed by atoms with Crippen molar-refractivity contribution in [2.24, 2.45) is 0 Å². The number of nitrogens with one attached hydrogen (secondary N) is 2.